The number of nitrogens with one attached hydrogen (secondary N) is 1. The van der Waals surface area contributed by atoms with Crippen molar-refractivity contribution >= 4 is 55.1 Å². The Kier molecular flexibility index (Phi) is 9.85. The summed E-state index contributed by atoms with van der Waals surface area (Å²) in [6, 6.07) is 19.3. The van der Waals surface area contributed by atoms with Crippen LogP contribution in [0.5, 0.6) is 0 Å². The number of hydrogen-bond acceptors (Lipinski definition) is 4. The molecule has 39 heavy (non-hydrogen) atoms. The second-order valence-electron chi connectivity index (χ2n) is 10.3. The van der Waals surface area contributed by atoms with Crippen LogP contribution in [0, 0.1) is 6.92 Å². The molecule has 0 fully saturated rings. The number of nitrogens with zero attached hydrogens (tertiary/aromatic N) is 2. The number of rotatable bonds is 9. The maximum atomic E-state index is 13.9. The van der Waals surface area contributed by atoms with Gasteiger partial charge in [-0.3, -0.25) is 13.9 Å². The molecule has 10 heteroatoms. The highest BCUT2D eigenvalue weighted by Crippen LogP contribution is 2.28. The van der Waals surface area contributed by atoms with E-state index in [9.17, 15) is 18.0 Å². The first-order valence-electron chi connectivity index (χ1n) is 12.4. The third kappa shape index (κ3) is 8.06. The first kappa shape index (κ1) is 30.7. The van der Waals surface area contributed by atoms with Crippen LogP contribution in [0.2, 0.25) is 5.02 Å². The molecule has 0 unspecified atom stereocenters. The van der Waals surface area contributed by atoms with E-state index >= 15 is 0 Å². The molecule has 3 rings (SSSR count). The summed E-state index contributed by atoms with van der Waals surface area (Å²) in [6.07, 6.45) is 0. The van der Waals surface area contributed by atoms with Gasteiger partial charge in [-0.05, 0) is 82.1 Å². The minimum atomic E-state index is -4.15. The quantitative estimate of drug-likeness (QED) is 0.316. The van der Waals surface area contributed by atoms with Crippen molar-refractivity contribution in [1.29, 1.82) is 0 Å². The van der Waals surface area contributed by atoms with Gasteiger partial charge in [0.25, 0.3) is 10.0 Å². The molecule has 1 atom stereocenters. The Morgan fingerprint density at radius 2 is 1.62 bits per heavy atom. The van der Waals surface area contributed by atoms with Crippen LogP contribution in [0.4, 0.5) is 5.69 Å². The second-order valence-corrected chi connectivity index (χ2v) is 13.5. The van der Waals surface area contributed by atoms with Crippen molar-refractivity contribution in [3.05, 3.63) is 93.4 Å². The zero-order valence-corrected chi connectivity index (χ0v) is 25.8. The van der Waals surface area contributed by atoms with E-state index in [0.29, 0.717) is 5.02 Å². The van der Waals surface area contributed by atoms with Gasteiger partial charge in [-0.15, -0.1) is 0 Å². The number of amides is 2. The van der Waals surface area contributed by atoms with Gasteiger partial charge in [0.15, 0.2) is 0 Å². The van der Waals surface area contributed by atoms with E-state index in [-0.39, 0.29) is 23.0 Å². The number of benzene rings is 3. The van der Waals surface area contributed by atoms with Crippen LogP contribution in [0.15, 0.2) is 82.2 Å². The molecule has 1 N–H and O–H groups in total. The summed E-state index contributed by atoms with van der Waals surface area (Å²) < 4.78 is 29.5. The van der Waals surface area contributed by atoms with E-state index < -0.39 is 34.1 Å². The zero-order chi connectivity index (χ0) is 29.0. The van der Waals surface area contributed by atoms with Crippen LogP contribution in [0.1, 0.15) is 38.8 Å². The van der Waals surface area contributed by atoms with Crippen LogP contribution >= 0.6 is 27.5 Å². The van der Waals surface area contributed by atoms with E-state index in [1.807, 2.05) is 52.0 Å². The van der Waals surface area contributed by atoms with Gasteiger partial charge in [-0.25, -0.2) is 8.42 Å². The lowest BCUT2D eigenvalue weighted by Gasteiger charge is -2.33. The first-order valence-corrected chi connectivity index (χ1v) is 15.0. The fourth-order valence-corrected chi connectivity index (χ4v) is 5.69. The van der Waals surface area contributed by atoms with Crippen molar-refractivity contribution in [2.75, 3.05) is 10.8 Å². The van der Waals surface area contributed by atoms with Crippen molar-refractivity contribution < 1.29 is 18.0 Å². The maximum Gasteiger partial charge on any atom is 0.264 e. The van der Waals surface area contributed by atoms with Crippen molar-refractivity contribution in [2.24, 2.45) is 0 Å². The summed E-state index contributed by atoms with van der Waals surface area (Å²) in [5.74, 6) is -0.880. The van der Waals surface area contributed by atoms with Crippen molar-refractivity contribution in [3.63, 3.8) is 0 Å². The number of anilines is 1. The zero-order valence-electron chi connectivity index (χ0n) is 22.6. The first-order chi connectivity index (χ1) is 18.2. The fraction of sp³-hybridized carbons (Fsp3) is 0.310. The van der Waals surface area contributed by atoms with Crippen LogP contribution < -0.4 is 9.62 Å². The molecular formula is C29H33BrClN3O4S. The smallest absolute Gasteiger partial charge is 0.264 e. The lowest BCUT2D eigenvalue weighted by Crippen LogP contribution is -2.54. The monoisotopic (exact) mass is 633 g/mol. The number of halogens is 2. The highest BCUT2D eigenvalue weighted by Gasteiger charge is 2.33. The molecule has 2 amide bonds. The molecule has 3 aromatic carbocycles. The molecule has 0 radical (unpaired) electrons. The minimum Gasteiger partial charge on any atom is -0.350 e. The van der Waals surface area contributed by atoms with Crippen molar-refractivity contribution in [1.82, 2.24) is 10.2 Å². The highest BCUT2D eigenvalue weighted by atomic mass is 79.9. The average Bonchev–Trinajstić information content (AvgIpc) is 2.87. The van der Waals surface area contributed by atoms with Gasteiger partial charge in [-0.2, -0.15) is 0 Å². The van der Waals surface area contributed by atoms with Crippen molar-refractivity contribution in [3.8, 4) is 0 Å². The standard InChI is InChI=1S/C29H33BrClN3O4S/c1-20-11-16-24(17-26(20)31)34(39(37,38)25-9-7-6-8-10-25)19-27(35)33(18-22-12-14-23(30)15-13-22)21(2)28(36)32-29(3,4)5/h6-17,21H,18-19H2,1-5H3,(H,32,36)/t21-/m1/s1. The molecule has 0 saturated heterocycles. The van der Waals surface area contributed by atoms with Crippen LogP contribution in [0.3, 0.4) is 0 Å². The lowest BCUT2D eigenvalue weighted by atomic mass is 10.1. The Hall–Kier alpha value is -2.88. The summed E-state index contributed by atoms with van der Waals surface area (Å²) in [4.78, 5) is 28.5. The number of hydrogen-bond donors (Lipinski definition) is 1. The minimum absolute atomic E-state index is 0.0347. The van der Waals surface area contributed by atoms with E-state index in [1.54, 1.807) is 37.3 Å². The average molecular weight is 635 g/mol. The summed E-state index contributed by atoms with van der Waals surface area (Å²) >= 11 is 9.76. The molecule has 0 aromatic heterocycles. The van der Waals surface area contributed by atoms with E-state index in [1.165, 1.54) is 23.1 Å². The number of carbonyl (C=O) groups is 2. The molecule has 0 heterocycles. The summed E-state index contributed by atoms with van der Waals surface area (Å²) in [7, 11) is -4.15. The van der Waals surface area contributed by atoms with Gasteiger partial charge in [0, 0.05) is 21.6 Å². The molecule has 0 aliphatic heterocycles. The highest BCUT2D eigenvalue weighted by molar-refractivity contribution is 9.10. The van der Waals surface area contributed by atoms with E-state index in [4.69, 9.17) is 11.6 Å². The van der Waals surface area contributed by atoms with E-state index in [0.717, 1.165) is 19.9 Å². The van der Waals surface area contributed by atoms with Gasteiger partial charge in [0.2, 0.25) is 11.8 Å². The Bertz CT molecular complexity index is 1430. The Morgan fingerprint density at radius 1 is 1.00 bits per heavy atom. The second kappa shape index (κ2) is 12.5. The molecule has 0 aliphatic carbocycles. The maximum absolute atomic E-state index is 13.9. The van der Waals surface area contributed by atoms with Gasteiger partial charge in [-0.1, -0.05) is 63.9 Å². The Labute approximate surface area is 244 Å². The third-order valence-corrected chi connectivity index (χ3v) is 8.71. The molecule has 0 spiro atoms. The topological polar surface area (TPSA) is 86.8 Å². The van der Waals surface area contributed by atoms with Gasteiger partial charge in [0.1, 0.15) is 12.6 Å². The van der Waals surface area contributed by atoms with Crippen molar-refractivity contribution in [2.45, 2.75) is 57.6 Å². The van der Waals surface area contributed by atoms with Gasteiger partial charge >= 0.3 is 0 Å². The number of sulfonamides is 1. The third-order valence-electron chi connectivity index (χ3n) is 5.99. The number of aryl methyl sites for hydroxylation is 1. The molecule has 0 aliphatic rings. The largest absolute Gasteiger partial charge is 0.350 e. The molecule has 3 aromatic rings. The summed E-state index contributed by atoms with van der Waals surface area (Å²) in [6.45, 7) is 8.59. The summed E-state index contributed by atoms with van der Waals surface area (Å²) in [5, 5.41) is 3.29. The van der Waals surface area contributed by atoms with Crippen LogP contribution in [-0.2, 0) is 26.2 Å². The predicted octanol–water partition coefficient (Wildman–Crippen LogP) is 5.94. The van der Waals surface area contributed by atoms with Gasteiger partial charge in [0.05, 0.1) is 10.6 Å². The normalized spacial score (nSPS) is 12.5. The SMILES string of the molecule is Cc1ccc(N(CC(=O)N(Cc2ccc(Br)cc2)[C@H](C)C(=O)NC(C)(C)C)S(=O)(=O)c2ccccc2)cc1Cl. The van der Waals surface area contributed by atoms with Crippen LogP contribution in [-0.4, -0.2) is 43.3 Å². The van der Waals surface area contributed by atoms with E-state index in [2.05, 4.69) is 21.2 Å². The lowest BCUT2D eigenvalue weighted by molar-refractivity contribution is -0.140. The molecule has 0 bridgehead atoms. The van der Waals surface area contributed by atoms with Crippen LogP contribution in [0.25, 0.3) is 0 Å². The molecule has 0 saturated carbocycles. The predicted molar refractivity (Wildman–Crippen MR) is 159 cm³/mol. The molecular weight excluding hydrogens is 602 g/mol. The summed E-state index contributed by atoms with van der Waals surface area (Å²) in [5.41, 5.74) is 1.29. The molecule has 208 valence electrons. The number of carbonyl (C=O) groups excluding carboxylic acids is 2. The fourth-order valence-electron chi connectivity index (χ4n) is 3.83. The molecule has 7 nitrogen and oxygen atoms in total. The van der Waals surface area contributed by atoms with Gasteiger partial charge < -0.3 is 10.2 Å². The Morgan fingerprint density at radius 3 is 2.18 bits per heavy atom. The Balaban J connectivity index is 2.04.